The van der Waals surface area contributed by atoms with Gasteiger partial charge in [-0.3, -0.25) is 9.69 Å². The first-order valence-corrected chi connectivity index (χ1v) is 10.7. The molecular formula is C20H30N2OS. The number of carbonyl (C=O) groups is 1. The van der Waals surface area contributed by atoms with Gasteiger partial charge in [0, 0.05) is 17.0 Å². The molecule has 2 fully saturated rings. The zero-order valence-corrected chi connectivity index (χ0v) is 15.6. The molecule has 2 aliphatic carbocycles. The molecule has 3 aliphatic rings. The lowest BCUT2D eigenvalue weighted by Gasteiger charge is -2.48. The number of thiophene rings is 1. The first-order chi connectivity index (χ1) is 11.8. The van der Waals surface area contributed by atoms with Gasteiger partial charge in [-0.2, -0.15) is 0 Å². The number of likely N-dealkylation sites (tertiary alicyclic amines) is 1. The topological polar surface area (TPSA) is 32.3 Å². The van der Waals surface area contributed by atoms with Crippen LogP contribution in [0.15, 0.2) is 6.07 Å². The van der Waals surface area contributed by atoms with Crippen LogP contribution in [0.5, 0.6) is 0 Å². The van der Waals surface area contributed by atoms with Crippen LogP contribution in [0.4, 0.5) is 0 Å². The van der Waals surface area contributed by atoms with E-state index >= 15 is 0 Å². The lowest BCUT2D eigenvalue weighted by molar-refractivity contribution is 0.0327. The van der Waals surface area contributed by atoms with Gasteiger partial charge in [0.25, 0.3) is 5.91 Å². The maximum absolute atomic E-state index is 12.7. The molecule has 0 atom stereocenters. The van der Waals surface area contributed by atoms with Crippen molar-refractivity contribution in [3.05, 3.63) is 21.4 Å². The number of amides is 1. The van der Waals surface area contributed by atoms with Crippen molar-refractivity contribution in [2.75, 3.05) is 19.6 Å². The van der Waals surface area contributed by atoms with Gasteiger partial charge in [-0.25, -0.2) is 0 Å². The third-order valence-electron chi connectivity index (χ3n) is 6.36. The first-order valence-electron chi connectivity index (χ1n) is 9.92. The van der Waals surface area contributed by atoms with Gasteiger partial charge in [0.1, 0.15) is 0 Å². The minimum absolute atomic E-state index is 0.163. The standard InChI is InChI=1S/C20H30N2OS/c23-19(18-14-16-8-7-9-17(16)24-18)21-15-20(10-3-1-4-11-20)22-12-5-2-6-13-22/h14H,1-13,15H2,(H,21,23). The summed E-state index contributed by atoms with van der Waals surface area (Å²) in [6, 6.07) is 2.15. The Bertz CT molecular complexity index is 561. The average Bonchev–Trinajstić information content (AvgIpc) is 3.23. The van der Waals surface area contributed by atoms with E-state index in [4.69, 9.17) is 0 Å². The minimum atomic E-state index is 0.163. The molecule has 1 saturated carbocycles. The molecule has 24 heavy (non-hydrogen) atoms. The quantitative estimate of drug-likeness (QED) is 0.888. The van der Waals surface area contributed by atoms with E-state index in [1.807, 2.05) is 0 Å². The van der Waals surface area contributed by atoms with Crippen molar-refractivity contribution in [2.45, 2.75) is 76.2 Å². The van der Waals surface area contributed by atoms with Crippen LogP contribution in [0.2, 0.25) is 0 Å². The fraction of sp³-hybridized carbons (Fsp3) is 0.750. The number of nitrogens with zero attached hydrogens (tertiary/aromatic N) is 1. The summed E-state index contributed by atoms with van der Waals surface area (Å²) in [7, 11) is 0. The number of hydrogen-bond acceptors (Lipinski definition) is 3. The Hall–Kier alpha value is -0.870. The third kappa shape index (κ3) is 3.28. The van der Waals surface area contributed by atoms with Crippen LogP contribution < -0.4 is 5.32 Å². The number of hydrogen-bond donors (Lipinski definition) is 1. The summed E-state index contributed by atoms with van der Waals surface area (Å²) in [6.45, 7) is 3.29. The highest BCUT2D eigenvalue weighted by Gasteiger charge is 2.38. The predicted molar refractivity (Wildman–Crippen MR) is 99.9 cm³/mol. The molecule has 1 amide bonds. The molecular weight excluding hydrogens is 316 g/mol. The van der Waals surface area contributed by atoms with E-state index in [-0.39, 0.29) is 11.4 Å². The van der Waals surface area contributed by atoms with E-state index in [1.54, 1.807) is 11.3 Å². The van der Waals surface area contributed by atoms with Gasteiger partial charge >= 0.3 is 0 Å². The molecule has 4 heteroatoms. The van der Waals surface area contributed by atoms with Crippen molar-refractivity contribution < 1.29 is 4.79 Å². The van der Waals surface area contributed by atoms with E-state index in [2.05, 4.69) is 16.3 Å². The second kappa shape index (κ2) is 7.17. The summed E-state index contributed by atoms with van der Waals surface area (Å²) in [5, 5.41) is 3.33. The molecule has 2 heterocycles. The second-order valence-corrected chi connectivity index (χ2v) is 9.06. The van der Waals surface area contributed by atoms with Crippen molar-refractivity contribution in [1.29, 1.82) is 0 Å². The molecule has 1 aromatic heterocycles. The Balaban J connectivity index is 1.43. The number of nitrogens with one attached hydrogen (secondary N) is 1. The smallest absolute Gasteiger partial charge is 0.261 e. The maximum atomic E-state index is 12.7. The third-order valence-corrected chi connectivity index (χ3v) is 7.60. The Kier molecular flexibility index (Phi) is 4.95. The molecule has 132 valence electrons. The lowest BCUT2D eigenvalue weighted by Crippen LogP contribution is -2.58. The van der Waals surface area contributed by atoms with Gasteiger partial charge in [-0.05, 0) is 69.7 Å². The van der Waals surface area contributed by atoms with Crippen molar-refractivity contribution in [3.8, 4) is 0 Å². The zero-order chi connectivity index (χ0) is 16.4. The molecule has 3 nitrogen and oxygen atoms in total. The largest absolute Gasteiger partial charge is 0.349 e. The first kappa shape index (κ1) is 16.6. The van der Waals surface area contributed by atoms with Crippen LogP contribution in [0.3, 0.4) is 0 Å². The minimum Gasteiger partial charge on any atom is -0.349 e. The Morgan fingerprint density at radius 1 is 1.04 bits per heavy atom. The molecule has 0 spiro atoms. The van der Waals surface area contributed by atoms with Crippen LogP contribution in [0, 0.1) is 0 Å². The Morgan fingerprint density at radius 2 is 1.79 bits per heavy atom. The van der Waals surface area contributed by atoms with Gasteiger partial charge in [0.2, 0.25) is 0 Å². The normalized spacial score (nSPS) is 23.8. The molecule has 0 bridgehead atoms. The highest BCUT2D eigenvalue weighted by Crippen LogP contribution is 2.35. The number of fused-ring (bicyclic) bond motifs is 1. The fourth-order valence-corrected chi connectivity index (χ4v) is 6.13. The second-order valence-electron chi connectivity index (χ2n) is 7.93. The Labute approximate surface area is 149 Å². The van der Waals surface area contributed by atoms with Gasteiger partial charge in [-0.15, -0.1) is 11.3 Å². The molecule has 4 rings (SSSR count). The number of piperidine rings is 1. The van der Waals surface area contributed by atoms with E-state index in [0.717, 1.165) is 17.8 Å². The molecule has 0 radical (unpaired) electrons. The summed E-state index contributed by atoms with van der Waals surface area (Å²) in [5.41, 5.74) is 1.66. The van der Waals surface area contributed by atoms with Gasteiger partial charge < -0.3 is 5.32 Å². The molecule has 0 aromatic carbocycles. The Morgan fingerprint density at radius 3 is 2.54 bits per heavy atom. The maximum Gasteiger partial charge on any atom is 0.261 e. The van der Waals surface area contributed by atoms with Crippen LogP contribution in [0.25, 0.3) is 0 Å². The SMILES string of the molecule is O=C(NCC1(N2CCCCC2)CCCCC1)c1cc2c(s1)CCC2. The van der Waals surface area contributed by atoms with E-state index in [1.165, 1.54) is 87.7 Å². The highest BCUT2D eigenvalue weighted by atomic mass is 32.1. The molecule has 0 unspecified atom stereocenters. The number of carbonyl (C=O) groups excluding carboxylic acids is 1. The van der Waals surface area contributed by atoms with Gasteiger partial charge in [0.15, 0.2) is 0 Å². The van der Waals surface area contributed by atoms with E-state index in [0.29, 0.717) is 0 Å². The van der Waals surface area contributed by atoms with E-state index in [9.17, 15) is 4.79 Å². The van der Waals surface area contributed by atoms with E-state index < -0.39 is 0 Å². The summed E-state index contributed by atoms with van der Waals surface area (Å²) in [6.07, 6.45) is 14.1. The van der Waals surface area contributed by atoms with Crippen molar-refractivity contribution in [2.24, 2.45) is 0 Å². The summed E-state index contributed by atoms with van der Waals surface area (Å²) >= 11 is 1.73. The molecule has 1 saturated heterocycles. The zero-order valence-electron chi connectivity index (χ0n) is 14.7. The summed E-state index contributed by atoms with van der Waals surface area (Å²) < 4.78 is 0. The number of aryl methyl sites for hydroxylation is 2. The van der Waals surface area contributed by atoms with Crippen LogP contribution >= 0.6 is 11.3 Å². The summed E-state index contributed by atoms with van der Waals surface area (Å²) in [4.78, 5) is 17.8. The highest BCUT2D eigenvalue weighted by molar-refractivity contribution is 7.14. The predicted octanol–water partition coefficient (Wildman–Crippen LogP) is 4.16. The van der Waals surface area contributed by atoms with Crippen LogP contribution in [-0.4, -0.2) is 36.0 Å². The van der Waals surface area contributed by atoms with Crippen molar-refractivity contribution in [1.82, 2.24) is 10.2 Å². The molecule has 1 aliphatic heterocycles. The molecule has 1 N–H and O–H groups in total. The van der Waals surface area contributed by atoms with Crippen LogP contribution in [0.1, 0.15) is 77.9 Å². The number of rotatable bonds is 4. The monoisotopic (exact) mass is 346 g/mol. The average molecular weight is 347 g/mol. The van der Waals surface area contributed by atoms with Gasteiger partial charge in [0.05, 0.1) is 4.88 Å². The van der Waals surface area contributed by atoms with Crippen molar-refractivity contribution >= 4 is 17.2 Å². The summed E-state index contributed by atoms with van der Waals surface area (Å²) in [5.74, 6) is 0.163. The lowest BCUT2D eigenvalue weighted by atomic mass is 9.79. The molecule has 1 aromatic rings. The van der Waals surface area contributed by atoms with Crippen LogP contribution in [-0.2, 0) is 12.8 Å². The van der Waals surface area contributed by atoms with Crippen molar-refractivity contribution in [3.63, 3.8) is 0 Å². The fourth-order valence-electron chi connectivity index (χ4n) is 4.96. The van der Waals surface area contributed by atoms with Gasteiger partial charge in [-0.1, -0.05) is 25.7 Å².